The van der Waals surface area contributed by atoms with E-state index in [0.717, 1.165) is 39.2 Å². The highest BCUT2D eigenvalue weighted by atomic mass is 15.0. The minimum absolute atomic E-state index is 0.878. The molecule has 0 atom stereocenters. The Balaban J connectivity index is 1.04. The van der Waals surface area contributed by atoms with Crippen LogP contribution in [0.5, 0.6) is 0 Å². The molecule has 0 fully saturated rings. The lowest BCUT2D eigenvalue weighted by atomic mass is 10.0. The van der Waals surface area contributed by atoms with Crippen molar-refractivity contribution in [3.63, 3.8) is 0 Å². The first-order chi connectivity index (χ1) is 27.2. The minimum atomic E-state index is 0.878. The molecule has 3 aromatic heterocycles. The first-order valence-corrected chi connectivity index (χ1v) is 18.7. The topological polar surface area (TPSA) is 35.6 Å². The van der Waals surface area contributed by atoms with Gasteiger partial charge in [-0.15, -0.1) is 0 Å². The van der Waals surface area contributed by atoms with Crippen LogP contribution in [-0.4, -0.2) is 19.1 Å². The molecule has 11 rings (SSSR count). The summed E-state index contributed by atoms with van der Waals surface area (Å²) < 4.78 is 4.76. The Morgan fingerprint density at radius 1 is 0.327 bits per heavy atom. The summed E-state index contributed by atoms with van der Waals surface area (Å²) in [6.07, 6.45) is 0. The number of benzene rings is 8. The Kier molecular flexibility index (Phi) is 7.04. The van der Waals surface area contributed by atoms with Gasteiger partial charge in [-0.2, -0.15) is 0 Å². The first kappa shape index (κ1) is 31.2. The molecule has 0 N–H and O–H groups in total. The van der Waals surface area contributed by atoms with E-state index in [4.69, 9.17) is 9.97 Å². The monoisotopic (exact) mass is 702 g/mol. The predicted octanol–water partition coefficient (Wildman–Crippen LogP) is 13.1. The fourth-order valence-electron chi connectivity index (χ4n) is 8.37. The van der Waals surface area contributed by atoms with Gasteiger partial charge in [0.05, 0.1) is 44.5 Å². The highest BCUT2D eigenvalue weighted by Crippen LogP contribution is 2.39. The lowest BCUT2D eigenvalue weighted by Crippen LogP contribution is -1.97. The molecule has 8 aromatic carbocycles. The number of fused-ring (bicyclic) bond motifs is 7. The van der Waals surface area contributed by atoms with Crippen molar-refractivity contribution in [3.05, 3.63) is 194 Å². The predicted molar refractivity (Wildman–Crippen MR) is 229 cm³/mol. The SMILES string of the molecule is Cc1ccc2c(c1)c1cc(-c3ccc4c(c3)c3ccccc3n4-c3ccccc3)ccc1n2-c1ccc(-c2nc3ccccc3nc2-c2ccccc2)cc1. The molecule has 0 aliphatic rings. The van der Waals surface area contributed by atoms with Crippen LogP contribution in [0.25, 0.3) is 99.7 Å². The normalized spacial score (nSPS) is 11.7. The second kappa shape index (κ2) is 12.4. The molecule has 4 heteroatoms. The largest absolute Gasteiger partial charge is 0.309 e. The maximum atomic E-state index is 5.14. The summed E-state index contributed by atoms with van der Waals surface area (Å²) >= 11 is 0. The van der Waals surface area contributed by atoms with Gasteiger partial charge in [0.15, 0.2) is 0 Å². The van der Waals surface area contributed by atoms with E-state index in [0.29, 0.717) is 0 Å². The quantitative estimate of drug-likeness (QED) is 0.179. The Morgan fingerprint density at radius 3 is 1.40 bits per heavy atom. The van der Waals surface area contributed by atoms with E-state index >= 15 is 0 Å². The summed E-state index contributed by atoms with van der Waals surface area (Å²) in [6.45, 7) is 2.17. The van der Waals surface area contributed by atoms with Crippen LogP contribution in [-0.2, 0) is 0 Å². The number of hydrogen-bond donors (Lipinski definition) is 0. The zero-order valence-corrected chi connectivity index (χ0v) is 30.2. The van der Waals surface area contributed by atoms with Crippen molar-refractivity contribution in [2.24, 2.45) is 0 Å². The average Bonchev–Trinajstić information content (AvgIpc) is 3.75. The third-order valence-corrected chi connectivity index (χ3v) is 11.0. The summed E-state index contributed by atoms with van der Waals surface area (Å²) in [5.41, 5.74) is 16.3. The van der Waals surface area contributed by atoms with Gasteiger partial charge in [0.2, 0.25) is 0 Å². The molecule has 0 amide bonds. The van der Waals surface area contributed by atoms with Crippen molar-refractivity contribution in [2.75, 3.05) is 0 Å². The van der Waals surface area contributed by atoms with Crippen LogP contribution in [0, 0.1) is 6.92 Å². The van der Waals surface area contributed by atoms with Crippen LogP contribution in [0.4, 0.5) is 0 Å². The fourth-order valence-corrected chi connectivity index (χ4v) is 8.37. The molecular formula is C51H34N4. The molecule has 258 valence electrons. The molecule has 0 spiro atoms. The minimum Gasteiger partial charge on any atom is -0.309 e. The van der Waals surface area contributed by atoms with Gasteiger partial charge in [0.1, 0.15) is 0 Å². The highest BCUT2D eigenvalue weighted by molar-refractivity contribution is 6.13. The summed E-state index contributed by atoms with van der Waals surface area (Å²) in [7, 11) is 0. The molecule has 3 heterocycles. The Morgan fingerprint density at radius 2 is 0.764 bits per heavy atom. The fraction of sp³-hybridized carbons (Fsp3) is 0.0196. The first-order valence-electron chi connectivity index (χ1n) is 18.7. The summed E-state index contributed by atoms with van der Waals surface area (Å²) in [4.78, 5) is 10.2. The van der Waals surface area contributed by atoms with Gasteiger partial charge in [0.25, 0.3) is 0 Å². The van der Waals surface area contributed by atoms with Crippen LogP contribution in [0.15, 0.2) is 188 Å². The molecule has 0 saturated heterocycles. The van der Waals surface area contributed by atoms with Gasteiger partial charge in [-0.1, -0.05) is 115 Å². The van der Waals surface area contributed by atoms with Gasteiger partial charge in [-0.3, -0.25) is 0 Å². The van der Waals surface area contributed by atoms with Crippen LogP contribution in [0.3, 0.4) is 0 Å². The van der Waals surface area contributed by atoms with Crippen molar-refractivity contribution in [1.82, 2.24) is 19.1 Å². The van der Waals surface area contributed by atoms with Gasteiger partial charge < -0.3 is 9.13 Å². The van der Waals surface area contributed by atoms with E-state index in [1.165, 1.54) is 66.0 Å². The van der Waals surface area contributed by atoms with E-state index < -0.39 is 0 Å². The molecule has 0 aliphatic carbocycles. The third kappa shape index (κ3) is 5.07. The zero-order chi connectivity index (χ0) is 36.5. The van der Waals surface area contributed by atoms with Gasteiger partial charge in [-0.25, -0.2) is 9.97 Å². The summed E-state index contributed by atoms with van der Waals surface area (Å²) in [5, 5.41) is 4.99. The van der Waals surface area contributed by atoms with Crippen molar-refractivity contribution >= 4 is 54.6 Å². The van der Waals surface area contributed by atoms with Gasteiger partial charge >= 0.3 is 0 Å². The number of aryl methyl sites for hydroxylation is 1. The van der Waals surface area contributed by atoms with E-state index in [1.54, 1.807) is 0 Å². The van der Waals surface area contributed by atoms with Gasteiger partial charge in [-0.05, 0) is 96.9 Å². The Hall–Kier alpha value is -7.30. The lowest BCUT2D eigenvalue weighted by molar-refractivity contribution is 1.18. The van der Waals surface area contributed by atoms with Crippen molar-refractivity contribution in [3.8, 4) is 45.0 Å². The Labute approximate surface area is 318 Å². The van der Waals surface area contributed by atoms with E-state index in [-0.39, 0.29) is 0 Å². The zero-order valence-electron chi connectivity index (χ0n) is 30.2. The molecular weight excluding hydrogens is 669 g/mol. The third-order valence-electron chi connectivity index (χ3n) is 11.0. The van der Waals surface area contributed by atoms with Gasteiger partial charge in [0, 0.05) is 44.0 Å². The number of hydrogen-bond acceptors (Lipinski definition) is 2. The second-order valence-corrected chi connectivity index (χ2v) is 14.3. The maximum Gasteiger partial charge on any atom is 0.0973 e. The van der Waals surface area contributed by atoms with Crippen molar-refractivity contribution < 1.29 is 0 Å². The van der Waals surface area contributed by atoms with E-state index in [2.05, 4.69) is 174 Å². The van der Waals surface area contributed by atoms with Crippen LogP contribution in [0.1, 0.15) is 5.56 Å². The number of nitrogens with zero attached hydrogens (tertiary/aromatic N) is 4. The van der Waals surface area contributed by atoms with Crippen molar-refractivity contribution in [1.29, 1.82) is 0 Å². The maximum absolute atomic E-state index is 5.14. The molecule has 0 saturated carbocycles. The number of rotatable bonds is 5. The Bertz CT molecular complexity index is 3250. The molecule has 0 unspecified atom stereocenters. The van der Waals surface area contributed by atoms with Crippen LogP contribution in [0.2, 0.25) is 0 Å². The summed E-state index contributed by atoms with van der Waals surface area (Å²) in [6, 6.07) is 67.2. The molecule has 0 aliphatic heterocycles. The molecule has 0 radical (unpaired) electrons. The molecule has 4 nitrogen and oxygen atoms in total. The lowest BCUT2D eigenvalue weighted by Gasteiger charge is -2.13. The average molecular weight is 703 g/mol. The van der Waals surface area contributed by atoms with E-state index in [1.807, 2.05) is 30.3 Å². The standard InChI is InChI=1S/C51H34N4/c1-33-20-27-47-41(30-33)43-32-37(36-23-28-48-42(31-36)40-16-8-11-19-46(40)54(48)38-14-6-3-7-15-38)24-29-49(43)55(47)39-25-21-35(22-26-39)51-50(34-12-4-2-5-13-34)52-44-17-9-10-18-45(44)53-51/h2-32H,1H3. The van der Waals surface area contributed by atoms with Crippen molar-refractivity contribution in [2.45, 2.75) is 6.92 Å². The molecule has 0 bridgehead atoms. The summed E-state index contributed by atoms with van der Waals surface area (Å²) in [5.74, 6) is 0. The smallest absolute Gasteiger partial charge is 0.0973 e. The molecule has 11 aromatic rings. The highest BCUT2D eigenvalue weighted by Gasteiger charge is 2.18. The number of para-hydroxylation sites is 4. The van der Waals surface area contributed by atoms with Crippen LogP contribution >= 0.6 is 0 Å². The van der Waals surface area contributed by atoms with E-state index in [9.17, 15) is 0 Å². The van der Waals surface area contributed by atoms with Crippen LogP contribution < -0.4 is 0 Å². The number of aromatic nitrogens is 4. The second-order valence-electron chi connectivity index (χ2n) is 14.3. The molecule has 55 heavy (non-hydrogen) atoms.